The van der Waals surface area contributed by atoms with Gasteiger partial charge >= 0.3 is 0 Å². The van der Waals surface area contributed by atoms with Gasteiger partial charge in [0, 0.05) is 24.5 Å². The maximum Gasteiger partial charge on any atom is 0.239 e. The predicted molar refractivity (Wildman–Crippen MR) is 57.3 cm³/mol. The Balaban J connectivity index is 2.52. The minimum absolute atomic E-state index is 0.0838. The number of carbonyl (C=O) groups excluding carboxylic acids is 1. The van der Waals surface area contributed by atoms with Crippen molar-refractivity contribution in [3.05, 3.63) is 10.4 Å². The molecule has 1 fully saturated rings. The average molecular weight is 211 g/mol. The average Bonchev–Trinajstić information content (AvgIpc) is 2.68. The summed E-state index contributed by atoms with van der Waals surface area (Å²) in [6.45, 7) is 5.96. The zero-order valence-electron chi connectivity index (χ0n) is 9.18. The van der Waals surface area contributed by atoms with E-state index in [9.17, 15) is 4.79 Å². The second-order valence-electron chi connectivity index (χ2n) is 3.57. The molecule has 1 rings (SSSR count). The second-order valence-corrected chi connectivity index (χ2v) is 3.57. The molecule has 1 amide bonds. The van der Waals surface area contributed by atoms with Gasteiger partial charge in [-0.1, -0.05) is 5.11 Å². The third-order valence-corrected chi connectivity index (χ3v) is 2.70. The fourth-order valence-electron chi connectivity index (χ4n) is 1.82. The summed E-state index contributed by atoms with van der Waals surface area (Å²) in [5.74, 6) is 0.107. The summed E-state index contributed by atoms with van der Waals surface area (Å²) >= 11 is 0. The molecule has 1 aliphatic heterocycles. The molecule has 84 valence electrons. The van der Waals surface area contributed by atoms with Gasteiger partial charge in [-0.2, -0.15) is 0 Å². The zero-order valence-corrected chi connectivity index (χ0v) is 9.18. The van der Waals surface area contributed by atoms with Crippen molar-refractivity contribution in [1.82, 2.24) is 10.2 Å². The highest BCUT2D eigenvalue weighted by Gasteiger charge is 2.30. The van der Waals surface area contributed by atoms with E-state index in [-0.39, 0.29) is 18.0 Å². The Hall–Kier alpha value is -1.26. The van der Waals surface area contributed by atoms with E-state index in [0.29, 0.717) is 13.0 Å². The summed E-state index contributed by atoms with van der Waals surface area (Å²) < 4.78 is 0. The Bertz CT molecular complexity index is 270. The monoisotopic (exact) mass is 211 g/mol. The minimum atomic E-state index is -0.180. The van der Waals surface area contributed by atoms with Crippen LogP contribution in [0.1, 0.15) is 20.3 Å². The van der Waals surface area contributed by atoms with Crippen molar-refractivity contribution in [3.8, 4) is 0 Å². The van der Waals surface area contributed by atoms with Gasteiger partial charge in [-0.05, 0) is 25.8 Å². The van der Waals surface area contributed by atoms with Gasteiger partial charge in [0.05, 0.1) is 12.1 Å². The molecule has 6 heteroatoms. The molecule has 0 spiro atoms. The van der Waals surface area contributed by atoms with Crippen LogP contribution in [0.2, 0.25) is 0 Å². The van der Waals surface area contributed by atoms with Crippen molar-refractivity contribution in [2.75, 3.05) is 19.6 Å². The van der Waals surface area contributed by atoms with Gasteiger partial charge < -0.3 is 10.2 Å². The topological polar surface area (TPSA) is 81.1 Å². The van der Waals surface area contributed by atoms with Crippen LogP contribution in [-0.2, 0) is 4.79 Å². The highest BCUT2D eigenvalue weighted by molar-refractivity contribution is 5.82. The number of hydrogen-bond acceptors (Lipinski definition) is 3. The van der Waals surface area contributed by atoms with Crippen molar-refractivity contribution in [3.63, 3.8) is 0 Å². The number of azide groups is 1. The Kier molecular flexibility index (Phi) is 4.39. The van der Waals surface area contributed by atoms with Crippen LogP contribution in [0.5, 0.6) is 0 Å². The van der Waals surface area contributed by atoms with E-state index >= 15 is 0 Å². The van der Waals surface area contributed by atoms with Gasteiger partial charge in [-0.3, -0.25) is 4.79 Å². The molecule has 0 unspecified atom stereocenters. The molecule has 15 heavy (non-hydrogen) atoms. The normalized spacial score (nSPS) is 24.7. The Morgan fingerprint density at radius 2 is 2.27 bits per heavy atom. The van der Waals surface area contributed by atoms with Gasteiger partial charge in [0.25, 0.3) is 0 Å². The first-order chi connectivity index (χ1) is 7.22. The third-order valence-electron chi connectivity index (χ3n) is 2.70. The lowest BCUT2D eigenvalue weighted by atomic mass is 10.1. The fourth-order valence-corrected chi connectivity index (χ4v) is 1.82. The molecule has 0 radical (unpaired) electrons. The number of hydrogen-bond donors (Lipinski definition) is 1. The minimum Gasteiger partial charge on any atom is -0.342 e. The summed E-state index contributed by atoms with van der Waals surface area (Å²) in [4.78, 5) is 16.4. The van der Waals surface area contributed by atoms with Crippen molar-refractivity contribution in [2.45, 2.75) is 32.4 Å². The molecular weight excluding hydrogens is 194 g/mol. The summed E-state index contributed by atoms with van der Waals surface area (Å²) in [6.07, 6.45) is 0.611. The van der Waals surface area contributed by atoms with Gasteiger partial charge in [0.2, 0.25) is 5.91 Å². The van der Waals surface area contributed by atoms with E-state index in [2.05, 4.69) is 15.3 Å². The lowest BCUT2D eigenvalue weighted by molar-refractivity contribution is -0.132. The fraction of sp³-hybridized carbons (Fsp3) is 0.889. The Morgan fingerprint density at radius 3 is 2.80 bits per heavy atom. The van der Waals surface area contributed by atoms with Gasteiger partial charge in [0.1, 0.15) is 0 Å². The van der Waals surface area contributed by atoms with Crippen LogP contribution >= 0.6 is 0 Å². The van der Waals surface area contributed by atoms with E-state index in [4.69, 9.17) is 5.53 Å². The molecule has 0 aromatic carbocycles. The molecule has 1 aliphatic rings. The van der Waals surface area contributed by atoms with Crippen molar-refractivity contribution < 1.29 is 4.79 Å². The van der Waals surface area contributed by atoms with Crippen molar-refractivity contribution in [2.24, 2.45) is 5.11 Å². The molecule has 0 aromatic rings. The van der Waals surface area contributed by atoms with Crippen LogP contribution in [0, 0.1) is 0 Å². The predicted octanol–water partition coefficient (Wildman–Crippen LogP) is 0.896. The molecule has 0 aliphatic carbocycles. The molecule has 0 bridgehead atoms. The first-order valence-electron chi connectivity index (χ1n) is 5.29. The van der Waals surface area contributed by atoms with E-state index in [1.807, 2.05) is 13.8 Å². The lowest BCUT2D eigenvalue weighted by Gasteiger charge is -2.22. The molecule has 6 nitrogen and oxygen atoms in total. The van der Waals surface area contributed by atoms with Crippen molar-refractivity contribution in [1.29, 1.82) is 0 Å². The van der Waals surface area contributed by atoms with Crippen molar-refractivity contribution >= 4 is 5.91 Å². The smallest absolute Gasteiger partial charge is 0.239 e. The van der Waals surface area contributed by atoms with E-state index in [0.717, 1.165) is 13.1 Å². The summed E-state index contributed by atoms with van der Waals surface area (Å²) in [6, 6.07) is -0.264. The molecule has 0 aromatic heterocycles. The highest BCUT2D eigenvalue weighted by atomic mass is 16.2. The van der Waals surface area contributed by atoms with E-state index in [1.54, 1.807) is 4.90 Å². The number of rotatable bonds is 4. The Morgan fingerprint density at radius 1 is 1.60 bits per heavy atom. The SMILES string of the molecule is CCN(CC)C(=O)[C@@H]1C[C@@H](N=[N+]=[N-])CN1. The zero-order chi connectivity index (χ0) is 11.3. The number of nitrogens with one attached hydrogen (secondary N) is 1. The maximum atomic E-state index is 11.9. The first kappa shape index (κ1) is 11.8. The van der Waals surface area contributed by atoms with E-state index < -0.39 is 0 Å². The van der Waals surface area contributed by atoms with E-state index in [1.165, 1.54) is 0 Å². The largest absolute Gasteiger partial charge is 0.342 e. The van der Waals surface area contributed by atoms with Crippen LogP contribution in [0.4, 0.5) is 0 Å². The molecule has 1 N–H and O–H groups in total. The van der Waals surface area contributed by atoms with Gasteiger partial charge in [-0.25, -0.2) is 0 Å². The third kappa shape index (κ3) is 2.84. The molecule has 1 saturated heterocycles. The molecule has 2 atom stereocenters. The number of likely N-dealkylation sites (N-methyl/N-ethyl adjacent to an activating group) is 1. The van der Waals surface area contributed by atoms with Gasteiger partial charge in [-0.15, -0.1) is 0 Å². The summed E-state index contributed by atoms with van der Waals surface area (Å²) in [5, 5.41) is 6.70. The maximum absolute atomic E-state index is 11.9. The standard InChI is InChI=1S/C9H17N5O/c1-3-14(4-2)9(15)8-5-7(6-11-8)12-13-10/h7-8,11H,3-6H2,1-2H3/t7-,8+/m1/s1. The van der Waals surface area contributed by atoms with Gasteiger partial charge in [0.15, 0.2) is 0 Å². The lowest BCUT2D eigenvalue weighted by Crippen LogP contribution is -2.43. The second kappa shape index (κ2) is 5.58. The number of carbonyl (C=O) groups is 1. The highest BCUT2D eigenvalue weighted by Crippen LogP contribution is 2.12. The molecule has 0 saturated carbocycles. The van der Waals surface area contributed by atoms with Crippen LogP contribution < -0.4 is 5.32 Å². The van der Waals surface area contributed by atoms with Crippen LogP contribution in [-0.4, -0.2) is 42.5 Å². The van der Waals surface area contributed by atoms with Crippen LogP contribution in [0.3, 0.4) is 0 Å². The summed E-state index contributed by atoms with van der Waals surface area (Å²) in [7, 11) is 0. The first-order valence-corrected chi connectivity index (χ1v) is 5.29. The van der Waals surface area contributed by atoms with Crippen LogP contribution in [0.25, 0.3) is 10.4 Å². The molecular formula is C9H17N5O. The number of nitrogens with zero attached hydrogens (tertiary/aromatic N) is 4. The quantitative estimate of drug-likeness (QED) is 0.425. The molecule has 1 heterocycles. The van der Waals surface area contributed by atoms with Crippen LogP contribution in [0.15, 0.2) is 5.11 Å². The Labute approximate surface area is 89.3 Å². The summed E-state index contributed by atoms with van der Waals surface area (Å²) in [5.41, 5.74) is 8.29. The number of amides is 1.